The van der Waals surface area contributed by atoms with Gasteiger partial charge >= 0.3 is 0 Å². The molecule has 174 valence electrons. The third-order valence-corrected chi connectivity index (χ3v) is 6.36. The van der Waals surface area contributed by atoms with Crippen LogP contribution in [0.5, 0.6) is 0 Å². The number of aromatic nitrogens is 2. The molecule has 0 spiro atoms. The quantitative estimate of drug-likeness (QED) is 0.730. The van der Waals surface area contributed by atoms with E-state index in [4.69, 9.17) is 4.74 Å². The summed E-state index contributed by atoms with van der Waals surface area (Å²) >= 11 is 0. The van der Waals surface area contributed by atoms with Crippen LogP contribution in [0.25, 0.3) is 0 Å². The number of aliphatic hydroxyl groups excluding tert-OH is 1. The lowest BCUT2D eigenvalue weighted by atomic mass is 10.0. The molecule has 3 aliphatic heterocycles. The van der Waals surface area contributed by atoms with Gasteiger partial charge in [-0.05, 0) is 36.6 Å². The Morgan fingerprint density at radius 2 is 2.15 bits per heavy atom. The highest BCUT2D eigenvalue weighted by Gasteiger charge is 2.41. The summed E-state index contributed by atoms with van der Waals surface area (Å²) in [5.41, 5.74) is 2.48. The van der Waals surface area contributed by atoms with E-state index in [1.165, 1.54) is 23.4 Å². The van der Waals surface area contributed by atoms with Crippen LogP contribution in [0.15, 0.2) is 29.5 Å². The highest BCUT2D eigenvalue weighted by molar-refractivity contribution is 6.47. The topological polar surface area (TPSA) is 99.9 Å². The number of benzene rings is 1. The summed E-state index contributed by atoms with van der Waals surface area (Å²) in [4.78, 5) is 28.0. The lowest BCUT2D eigenvalue weighted by Crippen LogP contribution is -2.43. The van der Waals surface area contributed by atoms with Crippen molar-refractivity contribution in [2.24, 2.45) is 4.99 Å². The maximum Gasteiger partial charge on any atom is 0.273 e. The van der Waals surface area contributed by atoms with Crippen LogP contribution >= 0.6 is 0 Å². The van der Waals surface area contributed by atoms with Crippen molar-refractivity contribution < 1.29 is 23.4 Å². The number of nitrogens with one attached hydrogen (secondary N) is 1. The summed E-state index contributed by atoms with van der Waals surface area (Å²) in [5.74, 6) is -0.450. The minimum absolute atomic E-state index is 0.0947. The first-order chi connectivity index (χ1) is 15.9. The van der Waals surface area contributed by atoms with E-state index in [9.17, 15) is 18.7 Å². The molecular weight excluding hydrogens is 432 g/mol. The fourth-order valence-electron chi connectivity index (χ4n) is 4.79. The number of nitrogens with zero attached hydrogens (tertiary/aromatic N) is 4. The van der Waals surface area contributed by atoms with Crippen LogP contribution in [0.3, 0.4) is 0 Å². The largest absolute Gasteiger partial charge is 0.389 e. The van der Waals surface area contributed by atoms with Crippen LogP contribution in [0, 0.1) is 12.7 Å². The van der Waals surface area contributed by atoms with Crippen LogP contribution < -0.4 is 5.32 Å². The van der Waals surface area contributed by atoms with E-state index in [2.05, 4.69) is 20.3 Å². The average Bonchev–Trinajstić information content (AvgIpc) is 3.39. The second kappa shape index (κ2) is 8.75. The SMILES string of the molecule is Cc1cc(F)cc([C@H]2C[C@H](F)CN2C(=O)C2=NCc3ncnc(N[C@@H]4CCOC[C@H]4O)c32)c1. The molecule has 1 aromatic heterocycles. The van der Waals surface area contributed by atoms with Crippen molar-refractivity contribution in [3.8, 4) is 0 Å². The number of carbonyl (C=O) groups excluding carboxylic acids is 1. The summed E-state index contributed by atoms with van der Waals surface area (Å²) in [6.45, 7) is 2.59. The van der Waals surface area contributed by atoms with Gasteiger partial charge in [0.05, 0.1) is 49.1 Å². The monoisotopic (exact) mass is 457 g/mol. The second-order valence-corrected chi connectivity index (χ2v) is 8.76. The third kappa shape index (κ3) is 4.20. The number of fused-ring (bicyclic) bond motifs is 1. The highest BCUT2D eigenvalue weighted by Crippen LogP contribution is 2.36. The number of amides is 1. The first kappa shape index (κ1) is 21.8. The number of rotatable bonds is 4. The average molecular weight is 457 g/mol. The Labute approximate surface area is 189 Å². The Balaban J connectivity index is 1.44. The van der Waals surface area contributed by atoms with Crippen molar-refractivity contribution in [1.29, 1.82) is 0 Å². The molecule has 1 aromatic carbocycles. The van der Waals surface area contributed by atoms with Gasteiger partial charge < -0.3 is 20.1 Å². The number of likely N-dealkylation sites (tertiary alicyclic amines) is 1. The number of hydrogen-bond donors (Lipinski definition) is 2. The number of ether oxygens (including phenoxy) is 1. The van der Waals surface area contributed by atoms with Crippen LogP contribution in [-0.2, 0) is 16.1 Å². The number of aliphatic hydroxyl groups is 1. The fraction of sp³-hybridized carbons (Fsp3) is 0.478. The van der Waals surface area contributed by atoms with Gasteiger partial charge in [-0.1, -0.05) is 6.07 Å². The van der Waals surface area contributed by atoms with Gasteiger partial charge in [-0.25, -0.2) is 18.7 Å². The molecule has 2 fully saturated rings. The third-order valence-electron chi connectivity index (χ3n) is 6.36. The molecule has 4 atom stereocenters. The molecule has 0 bridgehead atoms. The minimum atomic E-state index is -1.22. The number of hydrogen-bond acceptors (Lipinski definition) is 7. The molecule has 4 heterocycles. The number of halogens is 2. The molecule has 8 nitrogen and oxygen atoms in total. The molecule has 5 rings (SSSR count). The van der Waals surface area contributed by atoms with Crippen molar-refractivity contribution in [1.82, 2.24) is 14.9 Å². The van der Waals surface area contributed by atoms with E-state index in [1.807, 2.05) is 0 Å². The van der Waals surface area contributed by atoms with Gasteiger partial charge in [-0.15, -0.1) is 0 Å². The zero-order valence-electron chi connectivity index (χ0n) is 18.2. The Kier molecular flexibility index (Phi) is 5.79. The lowest BCUT2D eigenvalue weighted by molar-refractivity contribution is -0.125. The van der Waals surface area contributed by atoms with Crippen molar-refractivity contribution in [2.45, 2.75) is 50.7 Å². The first-order valence-electron chi connectivity index (χ1n) is 11.0. The molecule has 33 heavy (non-hydrogen) atoms. The second-order valence-electron chi connectivity index (χ2n) is 8.76. The Morgan fingerprint density at radius 3 is 2.94 bits per heavy atom. The zero-order valence-corrected chi connectivity index (χ0v) is 18.2. The normalized spacial score (nSPS) is 26.8. The molecule has 0 aliphatic carbocycles. The number of aliphatic imine (C=N–C) groups is 1. The van der Waals surface area contributed by atoms with Crippen LogP contribution in [0.4, 0.5) is 14.6 Å². The van der Waals surface area contributed by atoms with E-state index in [1.54, 1.807) is 13.0 Å². The van der Waals surface area contributed by atoms with Crippen LogP contribution in [0.2, 0.25) is 0 Å². The molecular formula is C23H25F2N5O3. The van der Waals surface area contributed by atoms with Crippen molar-refractivity contribution in [3.05, 3.63) is 52.7 Å². The summed E-state index contributed by atoms with van der Waals surface area (Å²) in [7, 11) is 0. The lowest BCUT2D eigenvalue weighted by Gasteiger charge is -2.29. The Morgan fingerprint density at radius 1 is 1.30 bits per heavy atom. The van der Waals surface area contributed by atoms with Gasteiger partial charge in [0, 0.05) is 13.0 Å². The van der Waals surface area contributed by atoms with Gasteiger partial charge in [-0.3, -0.25) is 9.79 Å². The highest BCUT2D eigenvalue weighted by atomic mass is 19.1. The van der Waals surface area contributed by atoms with Crippen molar-refractivity contribution >= 4 is 17.4 Å². The predicted molar refractivity (Wildman–Crippen MR) is 116 cm³/mol. The molecule has 10 heteroatoms. The number of alkyl halides is 1. The molecule has 0 unspecified atom stereocenters. The number of aryl methyl sites for hydroxylation is 1. The summed E-state index contributed by atoms with van der Waals surface area (Å²) < 4.78 is 33.8. The van der Waals surface area contributed by atoms with Gasteiger partial charge in [0.2, 0.25) is 0 Å². The van der Waals surface area contributed by atoms with Gasteiger partial charge in [-0.2, -0.15) is 0 Å². The van der Waals surface area contributed by atoms with Crippen LogP contribution in [0.1, 0.15) is 41.3 Å². The molecule has 3 aliphatic rings. The molecule has 2 N–H and O–H groups in total. The van der Waals surface area contributed by atoms with E-state index in [0.29, 0.717) is 41.2 Å². The molecule has 2 aromatic rings. The van der Waals surface area contributed by atoms with E-state index < -0.39 is 30.0 Å². The molecule has 0 saturated carbocycles. The predicted octanol–water partition coefficient (Wildman–Crippen LogP) is 2.10. The van der Waals surface area contributed by atoms with Crippen molar-refractivity contribution in [2.75, 3.05) is 25.1 Å². The molecule has 1 amide bonds. The smallest absolute Gasteiger partial charge is 0.273 e. The van der Waals surface area contributed by atoms with Gasteiger partial charge in [0.15, 0.2) is 0 Å². The Bertz CT molecular complexity index is 1090. The summed E-state index contributed by atoms with van der Waals surface area (Å²) in [6.07, 6.45) is 0.136. The Hall–Kier alpha value is -2.98. The van der Waals surface area contributed by atoms with Gasteiger partial charge in [0.1, 0.15) is 29.8 Å². The summed E-state index contributed by atoms with van der Waals surface area (Å²) in [5, 5.41) is 13.5. The van der Waals surface area contributed by atoms with E-state index >= 15 is 0 Å². The van der Waals surface area contributed by atoms with Crippen LogP contribution in [-0.4, -0.2) is 69.7 Å². The number of carbonyl (C=O) groups is 1. The summed E-state index contributed by atoms with van der Waals surface area (Å²) in [6, 6.07) is 3.64. The maximum atomic E-state index is 14.5. The standard InChI is InChI=1S/C23H25F2N5O3/c1-12-4-13(6-14(24)5-12)18-7-15(25)9-30(18)23(32)21-20-17(8-26-21)27-11-28-22(20)29-16-2-3-33-10-19(16)31/h4-6,11,15-16,18-19,31H,2-3,7-10H2,1H3,(H,27,28,29)/t15-,16+,18+,19+/m0/s1. The molecule has 2 saturated heterocycles. The van der Waals surface area contributed by atoms with Crippen molar-refractivity contribution in [3.63, 3.8) is 0 Å². The number of anilines is 1. The molecule has 0 radical (unpaired) electrons. The maximum absolute atomic E-state index is 14.5. The van der Waals surface area contributed by atoms with E-state index in [0.717, 1.165) is 0 Å². The van der Waals surface area contributed by atoms with Gasteiger partial charge in [0.25, 0.3) is 5.91 Å². The van der Waals surface area contributed by atoms with E-state index in [-0.39, 0.29) is 37.9 Å². The zero-order chi connectivity index (χ0) is 23.1. The fourth-order valence-corrected chi connectivity index (χ4v) is 4.79. The minimum Gasteiger partial charge on any atom is -0.389 e. The first-order valence-corrected chi connectivity index (χ1v) is 11.0.